The molecule has 1 heterocycles. The van der Waals surface area contributed by atoms with Crippen molar-refractivity contribution in [1.29, 1.82) is 0 Å². The molecule has 2 atom stereocenters. The van der Waals surface area contributed by atoms with Gasteiger partial charge in [0.1, 0.15) is 73.3 Å². The number of nitrogens with zero attached hydrogens (tertiary/aromatic N) is 4. The second-order valence-corrected chi connectivity index (χ2v) is 14.9. The van der Waals surface area contributed by atoms with Crippen molar-refractivity contribution >= 4 is 46.0 Å². The number of methoxy groups -OCH3 is 2. The first-order valence-electron chi connectivity index (χ1n) is 20.4. The van der Waals surface area contributed by atoms with Crippen molar-refractivity contribution in [1.82, 2.24) is 19.8 Å². The molecule has 0 saturated carbocycles. The van der Waals surface area contributed by atoms with Gasteiger partial charge < -0.3 is 29.9 Å². The van der Waals surface area contributed by atoms with Gasteiger partial charge in [-0.2, -0.15) is 0 Å². The Balaban J connectivity index is 1.28. The molecule has 5 aromatic carbocycles. The first-order valence-corrected chi connectivity index (χ1v) is 20.4. The minimum Gasteiger partial charge on any atom is -0.497 e. The number of amides is 4. The number of hydrogen-bond acceptors (Lipinski definition) is 7. The van der Waals surface area contributed by atoms with E-state index >= 15 is 0 Å². The lowest BCUT2D eigenvalue weighted by atomic mass is 10.0. The Bertz CT molecular complexity index is 2530. The van der Waals surface area contributed by atoms with Crippen LogP contribution in [0, 0.1) is 23.3 Å². The number of halogens is 6. The van der Waals surface area contributed by atoms with Crippen molar-refractivity contribution in [2.24, 2.45) is 0 Å². The fourth-order valence-corrected chi connectivity index (χ4v) is 7.48. The van der Waals surface area contributed by atoms with Gasteiger partial charge in [0.25, 0.3) is 0 Å². The van der Waals surface area contributed by atoms with Crippen LogP contribution in [0.3, 0.4) is 0 Å². The number of rotatable bonds is 20. The first kappa shape index (κ1) is 47.9. The quantitative estimate of drug-likeness (QED) is 0.0918. The van der Waals surface area contributed by atoms with Gasteiger partial charge in [-0.1, -0.05) is 12.1 Å². The lowest BCUT2D eigenvalue weighted by Gasteiger charge is -2.28. The zero-order valence-corrected chi connectivity index (χ0v) is 35.6. The molecule has 0 aliphatic heterocycles. The molecule has 2 N–H and O–H groups in total. The Morgan fingerprint density at radius 2 is 0.909 bits per heavy atom. The number of ether oxygens (including phenoxy) is 2. The summed E-state index contributed by atoms with van der Waals surface area (Å²) in [6, 6.07) is 20.2. The maximum Gasteiger partial charge on any atom is 0.330 e. The molecule has 0 spiro atoms. The number of imidazole rings is 1. The summed E-state index contributed by atoms with van der Waals surface area (Å²) in [7, 11) is 2.85. The number of para-hydroxylation sites is 2. The molecule has 0 saturated heterocycles. The summed E-state index contributed by atoms with van der Waals surface area (Å²) in [6.45, 7) is -4.38. The summed E-state index contributed by atoms with van der Waals surface area (Å²) >= 11 is 0. The minimum atomic E-state index is -1.54. The molecular weight excluding hydrogens is 875 g/mol. The molecular formula is C47H44F6N6O7. The Morgan fingerprint density at radius 1 is 0.561 bits per heavy atom. The average Bonchev–Trinajstić information content (AvgIpc) is 3.54. The van der Waals surface area contributed by atoms with E-state index in [9.17, 15) is 50.3 Å². The lowest BCUT2D eigenvalue weighted by molar-refractivity contribution is -0.128. The Kier molecular flexibility index (Phi) is 15.9. The summed E-state index contributed by atoms with van der Waals surface area (Å²) in [5.74, 6) is -6.45. The van der Waals surface area contributed by atoms with E-state index in [-0.39, 0.29) is 33.5 Å². The fraction of sp³-hybridized carbons (Fsp3) is 0.255. The van der Waals surface area contributed by atoms with Gasteiger partial charge >= 0.3 is 5.69 Å². The first-order chi connectivity index (χ1) is 31.7. The van der Waals surface area contributed by atoms with E-state index in [0.717, 1.165) is 43.2 Å². The molecule has 0 aliphatic carbocycles. The number of fused-ring (bicyclic) bond motifs is 1. The highest BCUT2D eigenvalue weighted by Crippen LogP contribution is 2.24. The Labute approximate surface area is 374 Å². The van der Waals surface area contributed by atoms with E-state index in [1.807, 2.05) is 0 Å². The smallest absolute Gasteiger partial charge is 0.330 e. The van der Waals surface area contributed by atoms with Crippen LogP contribution in [0.25, 0.3) is 11.0 Å². The highest BCUT2D eigenvalue weighted by atomic mass is 19.2. The molecule has 0 fully saturated rings. The summed E-state index contributed by atoms with van der Waals surface area (Å²) in [5, 5.41) is 5.07. The second-order valence-electron chi connectivity index (χ2n) is 14.9. The normalized spacial score (nSPS) is 12.0. The van der Waals surface area contributed by atoms with Crippen LogP contribution in [0.15, 0.2) is 114 Å². The SMILES string of the molecule is COc1ccc(N(CCF)C(=O)[C@H](Cc2cc(F)cc(F)c2)NC(=O)Cn2c(=O)n(CC(=O)N[C@@H](Cc3cc(F)cc(F)c3)C(=O)N(CCF)c3ccc(OC)cc3)c3ccccc32)cc1. The van der Waals surface area contributed by atoms with Crippen LogP contribution >= 0.6 is 0 Å². The van der Waals surface area contributed by atoms with E-state index in [2.05, 4.69) is 10.6 Å². The molecule has 346 valence electrons. The topological polar surface area (TPSA) is 144 Å². The summed E-state index contributed by atoms with van der Waals surface area (Å²) in [4.78, 5) is 72.3. The van der Waals surface area contributed by atoms with Gasteiger partial charge in [-0.15, -0.1) is 0 Å². The maximum atomic E-state index is 14.3. The number of anilines is 2. The van der Waals surface area contributed by atoms with Crippen LogP contribution in [0.2, 0.25) is 0 Å². The van der Waals surface area contributed by atoms with Crippen molar-refractivity contribution in [3.8, 4) is 11.5 Å². The van der Waals surface area contributed by atoms with E-state index in [0.29, 0.717) is 23.6 Å². The van der Waals surface area contributed by atoms with Crippen LogP contribution in [-0.2, 0) is 45.1 Å². The molecule has 6 aromatic rings. The molecule has 0 bridgehead atoms. The molecule has 4 amide bonds. The molecule has 1 aromatic heterocycles. The maximum absolute atomic E-state index is 14.3. The van der Waals surface area contributed by atoms with Gasteiger partial charge in [0, 0.05) is 36.3 Å². The van der Waals surface area contributed by atoms with Gasteiger partial charge in [-0.25, -0.2) is 31.1 Å². The fourth-order valence-electron chi connectivity index (χ4n) is 7.48. The number of alkyl halides is 2. The lowest BCUT2D eigenvalue weighted by Crippen LogP contribution is -2.52. The molecule has 13 nitrogen and oxygen atoms in total. The third-order valence-electron chi connectivity index (χ3n) is 10.4. The average molecular weight is 919 g/mol. The monoisotopic (exact) mass is 918 g/mol. The van der Waals surface area contributed by atoms with Crippen LogP contribution in [0.4, 0.5) is 37.7 Å². The van der Waals surface area contributed by atoms with Crippen molar-refractivity contribution in [3.63, 3.8) is 0 Å². The van der Waals surface area contributed by atoms with Crippen molar-refractivity contribution < 1.29 is 55.0 Å². The number of nitrogens with one attached hydrogen (secondary N) is 2. The van der Waals surface area contributed by atoms with Gasteiger partial charge in [-0.3, -0.25) is 28.3 Å². The van der Waals surface area contributed by atoms with E-state index in [1.165, 1.54) is 74.9 Å². The standard InChI is InChI=1S/C47H44F6N6O7/c1-65-37-11-7-35(8-12-37)56(17-15-48)45(62)39(23-29-19-31(50)25-32(51)20-29)54-43(60)27-58-41-5-3-4-6-42(41)59(47(58)64)28-44(61)55-40(24-30-21-33(52)26-34(53)22-30)46(63)57(18-16-49)36-9-13-38(66-2)14-10-36/h3-14,19-22,25-26,39-40H,15-18,23-24,27-28H2,1-2H3,(H,54,60)(H,55,61)/t39-,40-/m0/s1. The highest BCUT2D eigenvalue weighted by Gasteiger charge is 2.31. The van der Waals surface area contributed by atoms with Crippen molar-refractivity contribution in [3.05, 3.63) is 154 Å². The summed E-state index contributed by atoms with van der Waals surface area (Å²) in [6.07, 6.45) is -0.892. The van der Waals surface area contributed by atoms with Gasteiger partial charge in [0.05, 0.1) is 38.3 Å². The van der Waals surface area contributed by atoms with Crippen LogP contribution < -0.4 is 35.6 Å². The van der Waals surface area contributed by atoms with Crippen LogP contribution in [-0.4, -0.2) is 85.5 Å². The molecule has 19 heteroatoms. The Hall–Kier alpha value is -7.57. The zero-order chi connectivity index (χ0) is 47.5. The van der Waals surface area contributed by atoms with E-state index < -0.39 is 117 Å². The Morgan fingerprint density at radius 3 is 1.23 bits per heavy atom. The molecule has 6 rings (SSSR count). The van der Waals surface area contributed by atoms with Crippen molar-refractivity contribution in [2.45, 2.75) is 38.0 Å². The van der Waals surface area contributed by atoms with Crippen LogP contribution in [0.5, 0.6) is 11.5 Å². The third-order valence-corrected chi connectivity index (χ3v) is 10.4. The predicted molar refractivity (Wildman–Crippen MR) is 233 cm³/mol. The summed E-state index contributed by atoms with van der Waals surface area (Å²) in [5.41, 5.74) is -0.147. The van der Waals surface area contributed by atoms with Gasteiger partial charge in [0.2, 0.25) is 23.6 Å². The number of aromatic nitrogens is 2. The largest absolute Gasteiger partial charge is 0.497 e. The van der Waals surface area contributed by atoms with Gasteiger partial charge in [-0.05, 0) is 96.1 Å². The van der Waals surface area contributed by atoms with E-state index in [1.54, 1.807) is 12.1 Å². The van der Waals surface area contributed by atoms with Gasteiger partial charge in [0.15, 0.2) is 0 Å². The third kappa shape index (κ3) is 11.8. The molecule has 66 heavy (non-hydrogen) atoms. The number of carbonyl (C=O) groups is 4. The van der Waals surface area contributed by atoms with Crippen LogP contribution in [0.1, 0.15) is 11.1 Å². The number of benzene rings is 5. The second kappa shape index (κ2) is 21.9. The molecule has 0 radical (unpaired) electrons. The summed E-state index contributed by atoms with van der Waals surface area (Å²) < 4.78 is 97.5. The van der Waals surface area contributed by atoms with Crippen molar-refractivity contribution in [2.75, 3.05) is 50.5 Å². The molecule has 0 aliphatic rings. The molecule has 0 unspecified atom stereocenters. The minimum absolute atomic E-state index is 0.0167. The zero-order valence-electron chi connectivity index (χ0n) is 35.6. The predicted octanol–water partition coefficient (Wildman–Crippen LogP) is 5.84. The highest BCUT2D eigenvalue weighted by molar-refractivity contribution is 6.00. The number of hydrogen-bond donors (Lipinski definition) is 2. The number of carbonyl (C=O) groups excluding carboxylic acids is 4. The van der Waals surface area contributed by atoms with E-state index in [4.69, 9.17) is 9.47 Å².